The number of aryl methyl sites for hydroxylation is 1. The summed E-state index contributed by atoms with van der Waals surface area (Å²) in [5.41, 5.74) is 2.34. The number of ether oxygens (including phenoxy) is 1. The zero-order valence-corrected chi connectivity index (χ0v) is 14.2. The van der Waals surface area contributed by atoms with E-state index < -0.39 is 0 Å². The molecule has 2 N–H and O–H groups in total. The maximum Gasteiger partial charge on any atom is 0.258 e. The molecule has 1 saturated heterocycles. The van der Waals surface area contributed by atoms with Gasteiger partial charge in [-0.1, -0.05) is 38.5 Å². The molecule has 0 spiro atoms. The van der Waals surface area contributed by atoms with Gasteiger partial charge in [0.2, 0.25) is 0 Å². The average molecular weight is 304 g/mol. The van der Waals surface area contributed by atoms with Crippen molar-refractivity contribution < 1.29 is 9.53 Å². The van der Waals surface area contributed by atoms with Crippen molar-refractivity contribution in [1.29, 1.82) is 0 Å². The second kappa shape index (κ2) is 7.14. The van der Waals surface area contributed by atoms with E-state index in [1.54, 1.807) is 0 Å². The van der Waals surface area contributed by atoms with Crippen molar-refractivity contribution in [3.63, 3.8) is 0 Å². The third kappa shape index (κ3) is 4.73. The van der Waals surface area contributed by atoms with Crippen molar-refractivity contribution in [3.05, 3.63) is 29.3 Å². The van der Waals surface area contributed by atoms with Crippen LogP contribution in [0, 0.1) is 6.92 Å². The van der Waals surface area contributed by atoms with Crippen LogP contribution in [0.5, 0.6) is 5.75 Å². The molecule has 0 bridgehead atoms. The monoisotopic (exact) mass is 304 g/mol. The zero-order chi connectivity index (χ0) is 16.2. The molecular formula is C18H28N2O2. The molecule has 1 amide bonds. The van der Waals surface area contributed by atoms with Crippen LogP contribution in [0.3, 0.4) is 0 Å². The first-order valence-corrected chi connectivity index (χ1v) is 8.10. The Bertz CT molecular complexity index is 514. The number of hydrogen-bond donors (Lipinski definition) is 2. The normalized spacial score (nSPS) is 16.4. The van der Waals surface area contributed by atoms with Crippen LogP contribution in [0.25, 0.3) is 0 Å². The van der Waals surface area contributed by atoms with Gasteiger partial charge >= 0.3 is 0 Å². The summed E-state index contributed by atoms with van der Waals surface area (Å²) in [5, 5.41) is 6.35. The van der Waals surface area contributed by atoms with Crippen molar-refractivity contribution in [1.82, 2.24) is 10.6 Å². The van der Waals surface area contributed by atoms with Gasteiger partial charge < -0.3 is 15.4 Å². The molecule has 122 valence electrons. The summed E-state index contributed by atoms with van der Waals surface area (Å²) in [6, 6.07) is 6.40. The minimum absolute atomic E-state index is 0.00707. The molecule has 4 nitrogen and oxygen atoms in total. The van der Waals surface area contributed by atoms with E-state index in [0.29, 0.717) is 0 Å². The second-order valence-electron chi connectivity index (χ2n) is 7.13. The molecule has 1 aromatic carbocycles. The van der Waals surface area contributed by atoms with Crippen LogP contribution in [-0.2, 0) is 10.2 Å². The molecule has 1 aliphatic rings. The fourth-order valence-electron chi connectivity index (χ4n) is 2.73. The molecule has 22 heavy (non-hydrogen) atoms. The summed E-state index contributed by atoms with van der Waals surface area (Å²) in [7, 11) is 0. The van der Waals surface area contributed by atoms with Crippen LogP contribution in [0.4, 0.5) is 0 Å². The van der Waals surface area contributed by atoms with E-state index in [1.165, 1.54) is 5.56 Å². The molecule has 2 rings (SSSR count). The summed E-state index contributed by atoms with van der Waals surface area (Å²) < 4.78 is 5.79. The number of hydrogen-bond acceptors (Lipinski definition) is 3. The number of benzene rings is 1. The Morgan fingerprint density at radius 1 is 1.32 bits per heavy atom. The first-order chi connectivity index (χ1) is 10.4. The van der Waals surface area contributed by atoms with Crippen LogP contribution in [0.15, 0.2) is 18.2 Å². The van der Waals surface area contributed by atoms with Crippen LogP contribution in [0.2, 0.25) is 0 Å². The third-order valence-electron chi connectivity index (χ3n) is 4.01. The SMILES string of the molecule is Cc1ccc(OCC(=O)NC2CCNCC2)c(C(C)(C)C)c1. The molecule has 1 aliphatic heterocycles. The van der Waals surface area contributed by atoms with Gasteiger partial charge in [-0.3, -0.25) is 4.79 Å². The van der Waals surface area contributed by atoms with E-state index >= 15 is 0 Å². The number of nitrogens with one attached hydrogen (secondary N) is 2. The average Bonchev–Trinajstić information content (AvgIpc) is 2.46. The maximum atomic E-state index is 12.1. The van der Waals surface area contributed by atoms with E-state index in [0.717, 1.165) is 37.2 Å². The number of carbonyl (C=O) groups is 1. The van der Waals surface area contributed by atoms with Crippen molar-refractivity contribution in [2.24, 2.45) is 0 Å². The van der Waals surface area contributed by atoms with E-state index in [-0.39, 0.29) is 24.0 Å². The minimum atomic E-state index is -0.0349. The number of piperidine rings is 1. The smallest absolute Gasteiger partial charge is 0.258 e. The van der Waals surface area contributed by atoms with Gasteiger partial charge in [0.15, 0.2) is 6.61 Å². The van der Waals surface area contributed by atoms with Crippen LogP contribution < -0.4 is 15.4 Å². The lowest BCUT2D eigenvalue weighted by atomic mass is 9.85. The highest BCUT2D eigenvalue weighted by atomic mass is 16.5. The predicted molar refractivity (Wildman–Crippen MR) is 89.4 cm³/mol. The molecule has 4 heteroatoms. The molecule has 0 saturated carbocycles. The molecule has 0 radical (unpaired) electrons. The van der Waals surface area contributed by atoms with E-state index in [9.17, 15) is 4.79 Å². The fourth-order valence-corrected chi connectivity index (χ4v) is 2.73. The molecular weight excluding hydrogens is 276 g/mol. The van der Waals surface area contributed by atoms with Gasteiger partial charge in [0.1, 0.15) is 5.75 Å². The predicted octanol–water partition coefficient (Wildman–Crippen LogP) is 2.54. The largest absolute Gasteiger partial charge is 0.483 e. The van der Waals surface area contributed by atoms with Crippen molar-refractivity contribution in [3.8, 4) is 5.75 Å². The molecule has 1 fully saturated rings. The fraction of sp³-hybridized carbons (Fsp3) is 0.611. The molecule has 1 aromatic rings. The highest BCUT2D eigenvalue weighted by Crippen LogP contribution is 2.32. The Kier molecular flexibility index (Phi) is 5.46. The van der Waals surface area contributed by atoms with Crippen LogP contribution in [-0.4, -0.2) is 31.6 Å². The van der Waals surface area contributed by atoms with Crippen LogP contribution >= 0.6 is 0 Å². The molecule has 0 aliphatic carbocycles. The van der Waals surface area contributed by atoms with Gasteiger partial charge in [-0.15, -0.1) is 0 Å². The highest BCUT2D eigenvalue weighted by Gasteiger charge is 2.20. The van der Waals surface area contributed by atoms with Gasteiger partial charge in [-0.25, -0.2) is 0 Å². The number of carbonyl (C=O) groups excluding carboxylic acids is 1. The molecule has 0 unspecified atom stereocenters. The lowest BCUT2D eigenvalue weighted by Crippen LogP contribution is -2.44. The lowest BCUT2D eigenvalue weighted by Gasteiger charge is -2.25. The number of amides is 1. The lowest BCUT2D eigenvalue weighted by molar-refractivity contribution is -0.124. The molecule has 0 aromatic heterocycles. The quantitative estimate of drug-likeness (QED) is 0.899. The minimum Gasteiger partial charge on any atom is -0.483 e. The standard InChI is InChI=1S/C18H28N2O2/c1-13-5-6-16(15(11-13)18(2,3)4)22-12-17(21)20-14-7-9-19-10-8-14/h5-6,11,14,19H,7-10,12H2,1-4H3,(H,20,21). The Morgan fingerprint density at radius 2 is 2.00 bits per heavy atom. The van der Waals surface area contributed by atoms with Gasteiger partial charge in [-0.05, 0) is 49.9 Å². The summed E-state index contributed by atoms with van der Waals surface area (Å²) in [4.78, 5) is 12.1. The van der Waals surface area contributed by atoms with E-state index in [1.807, 2.05) is 12.1 Å². The summed E-state index contributed by atoms with van der Waals surface area (Å²) in [6.45, 7) is 10.6. The second-order valence-corrected chi connectivity index (χ2v) is 7.13. The van der Waals surface area contributed by atoms with Gasteiger partial charge in [0.05, 0.1) is 0 Å². The Hall–Kier alpha value is -1.55. The van der Waals surface area contributed by atoms with Crippen LogP contribution in [0.1, 0.15) is 44.7 Å². The Labute approximate surface area is 133 Å². The van der Waals surface area contributed by atoms with Gasteiger partial charge in [-0.2, -0.15) is 0 Å². The Balaban J connectivity index is 1.94. The Morgan fingerprint density at radius 3 is 2.64 bits per heavy atom. The first kappa shape index (κ1) is 16.8. The zero-order valence-electron chi connectivity index (χ0n) is 14.2. The van der Waals surface area contributed by atoms with Crippen molar-refractivity contribution in [2.75, 3.05) is 19.7 Å². The molecule has 0 atom stereocenters. The summed E-state index contributed by atoms with van der Waals surface area (Å²) in [6.07, 6.45) is 1.98. The number of rotatable bonds is 4. The summed E-state index contributed by atoms with van der Waals surface area (Å²) in [5.74, 6) is 0.769. The van der Waals surface area contributed by atoms with Crippen molar-refractivity contribution >= 4 is 5.91 Å². The van der Waals surface area contributed by atoms with Gasteiger partial charge in [0, 0.05) is 6.04 Å². The van der Waals surface area contributed by atoms with E-state index in [2.05, 4.69) is 44.4 Å². The summed E-state index contributed by atoms with van der Waals surface area (Å²) >= 11 is 0. The molecule has 1 heterocycles. The van der Waals surface area contributed by atoms with Gasteiger partial charge in [0.25, 0.3) is 5.91 Å². The van der Waals surface area contributed by atoms with E-state index in [4.69, 9.17) is 4.74 Å². The maximum absolute atomic E-state index is 12.1. The highest BCUT2D eigenvalue weighted by molar-refractivity contribution is 5.77. The third-order valence-corrected chi connectivity index (χ3v) is 4.01. The topological polar surface area (TPSA) is 50.4 Å². The first-order valence-electron chi connectivity index (χ1n) is 8.10. The van der Waals surface area contributed by atoms with Crippen molar-refractivity contribution in [2.45, 2.75) is 52.0 Å².